The van der Waals surface area contributed by atoms with Crippen molar-refractivity contribution in [1.29, 1.82) is 0 Å². The molecule has 0 spiro atoms. The van der Waals surface area contributed by atoms with Crippen LogP contribution < -0.4 is 0 Å². The largest absolute Gasteiger partial charge is 0.0622 e. The first-order chi connectivity index (χ1) is 12.4. The van der Waals surface area contributed by atoms with Gasteiger partial charge < -0.3 is 0 Å². The van der Waals surface area contributed by atoms with Crippen molar-refractivity contribution in [2.45, 2.75) is 51.9 Å². The number of rotatable bonds is 4. The highest BCUT2D eigenvalue weighted by Crippen LogP contribution is 2.40. The topological polar surface area (TPSA) is 0 Å². The van der Waals surface area contributed by atoms with Gasteiger partial charge in [0.2, 0.25) is 0 Å². The zero-order chi connectivity index (χ0) is 18.7. The molecule has 0 saturated heterocycles. The highest BCUT2D eigenvalue weighted by molar-refractivity contribution is 5.49. The summed E-state index contributed by atoms with van der Waals surface area (Å²) in [5, 5.41) is 0. The van der Waals surface area contributed by atoms with Gasteiger partial charge in [-0.2, -0.15) is 0 Å². The summed E-state index contributed by atoms with van der Waals surface area (Å²) in [4.78, 5) is 0. The molecular formula is C26H30. The number of hydrogen-bond donors (Lipinski definition) is 0. The van der Waals surface area contributed by atoms with Crippen LogP contribution in [-0.2, 0) is 5.41 Å². The van der Waals surface area contributed by atoms with Crippen LogP contribution in [0.5, 0.6) is 0 Å². The molecule has 3 rings (SSSR count). The third kappa shape index (κ3) is 3.75. The van der Waals surface area contributed by atoms with Gasteiger partial charge in [0.1, 0.15) is 0 Å². The van der Waals surface area contributed by atoms with E-state index in [1.165, 1.54) is 27.8 Å². The standard InChI is InChI=1S/C26H30/c1-19(21-13-8-6-9-14-21)23-17-12-18-24(25(23)26(3,4)5)20(2)22-15-10-7-11-16-22/h6-20H,1-5H3. The van der Waals surface area contributed by atoms with Crippen LogP contribution >= 0.6 is 0 Å². The first-order valence-electron chi connectivity index (χ1n) is 9.62. The van der Waals surface area contributed by atoms with Gasteiger partial charge in [0.05, 0.1) is 0 Å². The van der Waals surface area contributed by atoms with Crippen molar-refractivity contribution in [2.75, 3.05) is 0 Å². The zero-order valence-corrected chi connectivity index (χ0v) is 16.7. The summed E-state index contributed by atoms with van der Waals surface area (Å²) >= 11 is 0. The molecule has 134 valence electrons. The van der Waals surface area contributed by atoms with Crippen LogP contribution in [0.3, 0.4) is 0 Å². The van der Waals surface area contributed by atoms with Gasteiger partial charge in [-0.25, -0.2) is 0 Å². The second-order valence-electron chi connectivity index (χ2n) is 8.33. The molecule has 0 fully saturated rings. The van der Waals surface area contributed by atoms with Crippen LogP contribution in [0.4, 0.5) is 0 Å². The lowest BCUT2D eigenvalue weighted by molar-refractivity contribution is 0.568. The maximum absolute atomic E-state index is 2.34. The molecule has 0 aromatic heterocycles. The van der Waals surface area contributed by atoms with Crippen molar-refractivity contribution in [2.24, 2.45) is 0 Å². The Morgan fingerprint density at radius 2 is 0.923 bits per heavy atom. The van der Waals surface area contributed by atoms with E-state index >= 15 is 0 Å². The Labute approximate surface area is 158 Å². The third-order valence-electron chi connectivity index (χ3n) is 5.41. The first-order valence-corrected chi connectivity index (χ1v) is 9.62. The van der Waals surface area contributed by atoms with Crippen molar-refractivity contribution in [3.8, 4) is 0 Å². The number of hydrogen-bond acceptors (Lipinski definition) is 0. The van der Waals surface area contributed by atoms with Crippen LogP contribution in [-0.4, -0.2) is 0 Å². The molecule has 3 aromatic rings. The lowest BCUT2D eigenvalue weighted by atomic mass is 9.73. The molecule has 0 heterocycles. The molecule has 0 aliphatic heterocycles. The van der Waals surface area contributed by atoms with Gasteiger partial charge in [-0.15, -0.1) is 0 Å². The molecule has 0 N–H and O–H groups in total. The molecule has 0 nitrogen and oxygen atoms in total. The molecule has 0 aliphatic carbocycles. The van der Waals surface area contributed by atoms with Crippen LogP contribution in [0.25, 0.3) is 0 Å². The van der Waals surface area contributed by atoms with Crippen LogP contribution in [0.1, 0.15) is 74.3 Å². The summed E-state index contributed by atoms with van der Waals surface area (Å²) in [7, 11) is 0. The van der Waals surface area contributed by atoms with E-state index in [1.807, 2.05) is 0 Å². The highest BCUT2D eigenvalue weighted by atomic mass is 14.3. The quantitative estimate of drug-likeness (QED) is 0.467. The van der Waals surface area contributed by atoms with Gasteiger partial charge in [-0.1, -0.05) is 113 Å². The predicted octanol–water partition coefficient (Wildman–Crippen LogP) is 7.29. The van der Waals surface area contributed by atoms with Crippen molar-refractivity contribution >= 4 is 0 Å². The second kappa shape index (κ2) is 7.50. The van der Waals surface area contributed by atoms with E-state index < -0.39 is 0 Å². The van der Waals surface area contributed by atoms with Crippen molar-refractivity contribution in [3.05, 3.63) is 107 Å². The lowest BCUT2D eigenvalue weighted by Crippen LogP contribution is -2.20. The van der Waals surface area contributed by atoms with E-state index in [9.17, 15) is 0 Å². The fourth-order valence-corrected chi connectivity index (χ4v) is 4.02. The summed E-state index contributed by atoms with van der Waals surface area (Å²) in [5.41, 5.74) is 7.24. The lowest BCUT2D eigenvalue weighted by Gasteiger charge is -2.31. The fourth-order valence-electron chi connectivity index (χ4n) is 4.02. The maximum atomic E-state index is 2.34. The molecule has 0 radical (unpaired) electrons. The molecule has 2 atom stereocenters. The van der Waals surface area contributed by atoms with E-state index in [1.54, 1.807) is 0 Å². The molecule has 0 saturated carbocycles. The smallest absolute Gasteiger partial charge is 0.00640 e. The minimum Gasteiger partial charge on any atom is -0.0622 e. The monoisotopic (exact) mass is 342 g/mol. The van der Waals surface area contributed by atoms with Gasteiger partial charge in [0.15, 0.2) is 0 Å². The Morgan fingerprint density at radius 1 is 0.538 bits per heavy atom. The van der Waals surface area contributed by atoms with Gasteiger partial charge in [-0.3, -0.25) is 0 Å². The van der Waals surface area contributed by atoms with Gasteiger partial charge >= 0.3 is 0 Å². The maximum Gasteiger partial charge on any atom is 0.00640 e. The minimum absolute atomic E-state index is 0.0952. The van der Waals surface area contributed by atoms with Gasteiger partial charge in [0.25, 0.3) is 0 Å². The van der Waals surface area contributed by atoms with Gasteiger partial charge in [0, 0.05) is 11.8 Å². The van der Waals surface area contributed by atoms with Crippen LogP contribution in [0.2, 0.25) is 0 Å². The van der Waals surface area contributed by atoms with Crippen molar-refractivity contribution < 1.29 is 0 Å². The van der Waals surface area contributed by atoms with Crippen molar-refractivity contribution in [1.82, 2.24) is 0 Å². The normalized spacial score (nSPS) is 14.0. The Morgan fingerprint density at radius 3 is 1.27 bits per heavy atom. The van der Waals surface area contributed by atoms with E-state index in [0.29, 0.717) is 11.8 Å². The summed E-state index contributed by atoms with van der Waals surface area (Å²) in [5.74, 6) is 0.765. The molecule has 0 bridgehead atoms. The average molecular weight is 343 g/mol. The molecule has 0 aliphatic rings. The average Bonchev–Trinajstić information content (AvgIpc) is 2.67. The van der Waals surface area contributed by atoms with E-state index in [4.69, 9.17) is 0 Å². The van der Waals surface area contributed by atoms with E-state index in [-0.39, 0.29) is 5.41 Å². The van der Waals surface area contributed by atoms with Crippen LogP contribution in [0, 0.1) is 0 Å². The van der Waals surface area contributed by atoms with Crippen molar-refractivity contribution in [3.63, 3.8) is 0 Å². The molecule has 0 amide bonds. The zero-order valence-electron chi connectivity index (χ0n) is 16.7. The first kappa shape index (κ1) is 18.5. The SMILES string of the molecule is CC(c1ccccc1)c1cccc(C(C)c2ccccc2)c1C(C)(C)C. The Balaban J connectivity index is 2.15. The minimum atomic E-state index is 0.0952. The second-order valence-corrected chi connectivity index (χ2v) is 8.33. The summed E-state index contributed by atoms with van der Waals surface area (Å²) in [6.07, 6.45) is 0. The predicted molar refractivity (Wildman–Crippen MR) is 113 cm³/mol. The van der Waals surface area contributed by atoms with E-state index in [2.05, 4.69) is 113 Å². The van der Waals surface area contributed by atoms with Gasteiger partial charge in [-0.05, 0) is 33.2 Å². The Kier molecular flexibility index (Phi) is 5.32. The third-order valence-corrected chi connectivity index (χ3v) is 5.41. The Bertz CT molecular complexity index is 774. The fraction of sp³-hybridized carbons (Fsp3) is 0.308. The molecule has 2 unspecified atom stereocenters. The summed E-state index contributed by atoms with van der Waals surface area (Å²) in [6.45, 7) is 11.7. The molecule has 0 heteroatoms. The molecule has 3 aromatic carbocycles. The summed E-state index contributed by atoms with van der Waals surface area (Å²) < 4.78 is 0. The number of benzene rings is 3. The Hall–Kier alpha value is -2.34. The van der Waals surface area contributed by atoms with E-state index in [0.717, 1.165) is 0 Å². The molecule has 26 heavy (non-hydrogen) atoms. The van der Waals surface area contributed by atoms with Crippen LogP contribution in [0.15, 0.2) is 78.9 Å². The highest BCUT2D eigenvalue weighted by Gasteiger charge is 2.27. The molecular weight excluding hydrogens is 312 g/mol. The summed E-state index contributed by atoms with van der Waals surface area (Å²) in [6, 6.07) is 28.6.